The highest BCUT2D eigenvalue weighted by Crippen LogP contribution is 2.12. The third-order valence-electron chi connectivity index (χ3n) is 3.91. The molecule has 1 saturated heterocycles. The van der Waals surface area contributed by atoms with Crippen LogP contribution in [0.4, 0.5) is 0 Å². The predicted molar refractivity (Wildman–Crippen MR) is 90.2 cm³/mol. The van der Waals surface area contributed by atoms with E-state index in [1.807, 2.05) is 0 Å². The highest BCUT2D eigenvalue weighted by Gasteiger charge is 2.15. The van der Waals surface area contributed by atoms with Crippen LogP contribution in [0.25, 0.3) is 0 Å². The van der Waals surface area contributed by atoms with E-state index in [1.165, 1.54) is 6.42 Å². The molecule has 0 aliphatic carbocycles. The smallest absolute Gasteiger partial charge is 0.325 e. The quantitative estimate of drug-likeness (QED) is 0.670. The van der Waals surface area contributed by atoms with Crippen LogP contribution in [-0.2, 0) is 14.3 Å². The standard InChI is InChI=1S/C17H31N3O3/c1-14-11-9-7-5-3-4-6-8-10-12-15(21)19-17(18)20(2)13-16(22)23-14/h14H,3-13H2,1-2H3,(H2,18,19,21)/t14-/m0/s1/i2D3. The molecule has 1 rings (SSSR count). The van der Waals surface area contributed by atoms with Crippen molar-refractivity contribution in [2.24, 2.45) is 0 Å². The normalized spacial score (nSPS) is 26.8. The summed E-state index contributed by atoms with van der Waals surface area (Å²) in [5.74, 6) is -1.72. The molecule has 1 heterocycles. The van der Waals surface area contributed by atoms with Gasteiger partial charge >= 0.3 is 5.97 Å². The van der Waals surface area contributed by atoms with Crippen molar-refractivity contribution >= 4 is 17.8 Å². The van der Waals surface area contributed by atoms with Crippen LogP contribution in [0, 0.1) is 5.41 Å². The molecule has 1 aliphatic heterocycles. The van der Waals surface area contributed by atoms with E-state index in [-0.39, 0.29) is 12.5 Å². The Bertz CT molecular complexity index is 484. The van der Waals surface area contributed by atoms with E-state index in [4.69, 9.17) is 14.3 Å². The lowest BCUT2D eigenvalue weighted by molar-refractivity contribution is -0.148. The summed E-state index contributed by atoms with van der Waals surface area (Å²) < 4.78 is 27.8. The summed E-state index contributed by atoms with van der Waals surface area (Å²) >= 11 is 0. The Morgan fingerprint density at radius 1 is 1.13 bits per heavy atom. The zero-order valence-corrected chi connectivity index (χ0v) is 14.0. The molecule has 0 unspecified atom stereocenters. The SMILES string of the molecule is [2H]C([2H])([2H])N1CC(=O)O[C@@H](C)CCCCCCCCCCC(=O)NC1=N. The van der Waals surface area contributed by atoms with E-state index in [9.17, 15) is 9.59 Å². The van der Waals surface area contributed by atoms with Gasteiger partial charge in [0.15, 0.2) is 5.96 Å². The van der Waals surface area contributed by atoms with Crippen LogP contribution in [-0.4, -0.2) is 42.4 Å². The third kappa shape index (κ3) is 9.21. The third-order valence-corrected chi connectivity index (χ3v) is 3.91. The Morgan fingerprint density at radius 2 is 1.74 bits per heavy atom. The molecular weight excluding hydrogens is 294 g/mol. The number of ether oxygens (including phenoxy) is 1. The fourth-order valence-corrected chi connectivity index (χ4v) is 2.57. The van der Waals surface area contributed by atoms with Crippen molar-refractivity contribution in [2.45, 2.75) is 77.2 Å². The number of likely N-dealkylation sites (N-methyl/N-ethyl adjacent to an activating group) is 1. The fraction of sp³-hybridized carbons (Fsp3) is 0.824. The molecular formula is C17H31N3O3. The molecule has 6 nitrogen and oxygen atoms in total. The molecule has 0 aromatic heterocycles. The van der Waals surface area contributed by atoms with Gasteiger partial charge in [0.1, 0.15) is 6.54 Å². The molecule has 1 amide bonds. The first-order valence-corrected chi connectivity index (χ1v) is 8.55. The molecule has 1 aliphatic rings. The Balaban J connectivity index is 2.74. The lowest BCUT2D eigenvalue weighted by atomic mass is 10.1. The maximum Gasteiger partial charge on any atom is 0.325 e. The van der Waals surface area contributed by atoms with Crippen LogP contribution in [0.1, 0.15) is 75.2 Å². The van der Waals surface area contributed by atoms with Gasteiger partial charge in [0.05, 0.1) is 6.10 Å². The first-order valence-electron chi connectivity index (χ1n) is 10.1. The van der Waals surface area contributed by atoms with Crippen LogP contribution in [0.3, 0.4) is 0 Å². The lowest BCUT2D eigenvalue weighted by Crippen LogP contribution is -2.44. The fourth-order valence-electron chi connectivity index (χ4n) is 2.57. The molecule has 132 valence electrons. The number of nitrogens with one attached hydrogen (secondary N) is 2. The van der Waals surface area contributed by atoms with Crippen LogP contribution < -0.4 is 5.32 Å². The number of carbonyl (C=O) groups excluding carboxylic acids is 2. The number of esters is 1. The Labute approximate surface area is 143 Å². The number of amides is 1. The second-order valence-electron chi connectivity index (χ2n) is 6.15. The zero-order chi connectivity index (χ0) is 19.6. The van der Waals surface area contributed by atoms with Crippen molar-refractivity contribution in [3.8, 4) is 0 Å². The Kier molecular flexibility index (Phi) is 7.17. The summed E-state index contributed by atoms with van der Waals surface area (Å²) in [6, 6.07) is 0. The van der Waals surface area contributed by atoms with Crippen molar-refractivity contribution in [2.75, 3.05) is 13.5 Å². The van der Waals surface area contributed by atoms with Gasteiger partial charge in [0.2, 0.25) is 5.91 Å². The summed E-state index contributed by atoms with van der Waals surface area (Å²) in [6.07, 6.45) is 8.85. The predicted octanol–water partition coefficient (Wildman–Crippen LogP) is 2.82. The Hall–Kier alpha value is -1.59. The minimum absolute atomic E-state index is 0.235. The lowest BCUT2D eigenvalue weighted by Gasteiger charge is -2.21. The second-order valence-corrected chi connectivity index (χ2v) is 6.15. The van der Waals surface area contributed by atoms with Crippen LogP contribution >= 0.6 is 0 Å². The van der Waals surface area contributed by atoms with E-state index in [0.29, 0.717) is 11.3 Å². The number of cyclic esters (lactones) is 1. The van der Waals surface area contributed by atoms with Crippen molar-refractivity contribution in [3.63, 3.8) is 0 Å². The molecule has 23 heavy (non-hydrogen) atoms. The maximum absolute atomic E-state index is 12.0. The van der Waals surface area contributed by atoms with Crippen molar-refractivity contribution in [1.29, 1.82) is 5.41 Å². The van der Waals surface area contributed by atoms with Gasteiger partial charge in [-0.1, -0.05) is 38.5 Å². The first-order chi connectivity index (χ1) is 12.2. The summed E-state index contributed by atoms with van der Waals surface area (Å²) in [7, 11) is 0. The molecule has 0 aromatic carbocycles. The zero-order valence-electron chi connectivity index (χ0n) is 17.0. The average molecular weight is 328 g/mol. The van der Waals surface area contributed by atoms with Crippen molar-refractivity contribution < 1.29 is 18.4 Å². The largest absolute Gasteiger partial charge is 0.461 e. The van der Waals surface area contributed by atoms with E-state index < -0.39 is 31.4 Å². The molecule has 1 fully saturated rings. The van der Waals surface area contributed by atoms with E-state index in [2.05, 4.69) is 5.32 Å². The van der Waals surface area contributed by atoms with Gasteiger partial charge in [-0.25, -0.2) is 0 Å². The van der Waals surface area contributed by atoms with Gasteiger partial charge in [-0.2, -0.15) is 0 Å². The van der Waals surface area contributed by atoms with Crippen LogP contribution in [0.2, 0.25) is 0 Å². The Morgan fingerprint density at radius 3 is 2.39 bits per heavy atom. The van der Waals surface area contributed by atoms with Crippen molar-refractivity contribution in [1.82, 2.24) is 10.2 Å². The number of rotatable bonds is 0. The molecule has 0 saturated carbocycles. The summed E-state index contributed by atoms with van der Waals surface area (Å²) in [5.41, 5.74) is 0. The van der Waals surface area contributed by atoms with Gasteiger partial charge in [-0.15, -0.1) is 0 Å². The van der Waals surface area contributed by atoms with Crippen LogP contribution in [0.5, 0.6) is 0 Å². The highest BCUT2D eigenvalue weighted by molar-refractivity contribution is 5.96. The second kappa shape index (κ2) is 11.0. The van der Waals surface area contributed by atoms with E-state index in [0.717, 1.165) is 44.9 Å². The van der Waals surface area contributed by atoms with Gasteiger partial charge < -0.3 is 9.64 Å². The van der Waals surface area contributed by atoms with Gasteiger partial charge in [-0.3, -0.25) is 20.3 Å². The molecule has 2 N–H and O–H groups in total. The topological polar surface area (TPSA) is 82.5 Å². The molecule has 1 atom stereocenters. The summed E-state index contributed by atoms with van der Waals surface area (Å²) in [6.45, 7) is -1.53. The molecule has 0 bridgehead atoms. The van der Waals surface area contributed by atoms with Gasteiger partial charge in [0.25, 0.3) is 0 Å². The number of carbonyl (C=O) groups is 2. The minimum Gasteiger partial charge on any atom is -0.461 e. The minimum atomic E-state index is -2.71. The van der Waals surface area contributed by atoms with E-state index in [1.54, 1.807) is 6.92 Å². The number of hydrogen-bond acceptors (Lipinski definition) is 4. The summed E-state index contributed by atoms with van der Waals surface area (Å²) in [5, 5.41) is 10.1. The molecule has 0 radical (unpaired) electrons. The number of guanidine groups is 1. The molecule has 0 spiro atoms. The maximum atomic E-state index is 12.0. The number of nitrogens with zero attached hydrogens (tertiary/aromatic N) is 1. The van der Waals surface area contributed by atoms with Gasteiger partial charge in [0, 0.05) is 17.5 Å². The first kappa shape index (κ1) is 15.0. The molecule has 0 aromatic rings. The van der Waals surface area contributed by atoms with E-state index >= 15 is 0 Å². The van der Waals surface area contributed by atoms with Crippen LogP contribution in [0.15, 0.2) is 0 Å². The average Bonchev–Trinajstić information content (AvgIpc) is 2.52. The van der Waals surface area contributed by atoms with Crippen molar-refractivity contribution in [3.05, 3.63) is 0 Å². The molecule has 6 heteroatoms. The number of hydrogen-bond donors (Lipinski definition) is 2. The summed E-state index contributed by atoms with van der Waals surface area (Å²) in [4.78, 5) is 24.5. The van der Waals surface area contributed by atoms with Gasteiger partial charge in [-0.05, 0) is 26.2 Å². The monoisotopic (exact) mass is 328 g/mol. The highest BCUT2D eigenvalue weighted by atomic mass is 16.5.